The molecule has 2 nitrogen and oxygen atoms in total. The molecule has 0 bridgehead atoms. The SMILES string of the molecule is CC(C)CC(CBr)NC(=O)C1CCCC(C(F)(F)F)C1. The van der Waals surface area contributed by atoms with Crippen molar-refractivity contribution in [2.75, 3.05) is 5.33 Å². The fourth-order valence-corrected chi connectivity index (χ4v) is 3.20. The molecule has 1 aliphatic carbocycles. The third-order valence-corrected chi connectivity index (χ3v) is 4.58. The lowest BCUT2D eigenvalue weighted by Crippen LogP contribution is -2.43. The van der Waals surface area contributed by atoms with Crippen molar-refractivity contribution in [3.8, 4) is 0 Å². The fourth-order valence-electron chi connectivity index (χ4n) is 2.77. The highest BCUT2D eigenvalue weighted by Gasteiger charge is 2.43. The van der Waals surface area contributed by atoms with Crippen molar-refractivity contribution in [3.63, 3.8) is 0 Å². The quantitative estimate of drug-likeness (QED) is 0.731. The van der Waals surface area contributed by atoms with Gasteiger partial charge >= 0.3 is 6.18 Å². The van der Waals surface area contributed by atoms with Crippen molar-refractivity contribution in [3.05, 3.63) is 0 Å². The van der Waals surface area contributed by atoms with Crippen LogP contribution in [-0.2, 0) is 4.79 Å². The van der Waals surface area contributed by atoms with Crippen LogP contribution in [0.15, 0.2) is 0 Å². The van der Waals surface area contributed by atoms with E-state index >= 15 is 0 Å². The summed E-state index contributed by atoms with van der Waals surface area (Å²) >= 11 is 3.35. The molecular formula is C14H23BrF3NO. The fraction of sp³-hybridized carbons (Fsp3) is 0.929. The van der Waals surface area contributed by atoms with E-state index in [1.54, 1.807) is 0 Å². The Morgan fingerprint density at radius 2 is 2.00 bits per heavy atom. The van der Waals surface area contributed by atoms with Gasteiger partial charge in [-0.2, -0.15) is 13.2 Å². The molecule has 0 aromatic carbocycles. The molecule has 1 rings (SSSR count). The largest absolute Gasteiger partial charge is 0.391 e. The lowest BCUT2D eigenvalue weighted by Gasteiger charge is -2.31. The van der Waals surface area contributed by atoms with E-state index in [1.807, 2.05) is 0 Å². The van der Waals surface area contributed by atoms with Crippen molar-refractivity contribution in [1.29, 1.82) is 0 Å². The standard InChI is InChI=1S/C14H23BrF3NO/c1-9(2)6-12(8-15)19-13(20)10-4-3-5-11(7-10)14(16,17)18/h9-12H,3-8H2,1-2H3,(H,19,20). The lowest BCUT2D eigenvalue weighted by molar-refractivity contribution is -0.186. The molecule has 0 spiro atoms. The van der Waals surface area contributed by atoms with Crippen LogP contribution in [0.5, 0.6) is 0 Å². The maximum absolute atomic E-state index is 12.7. The zero-order chi connectivity index (χ0) is 15.3. The van der Waals surface area contributed by atoms with Gasteiger partial charge in [-0.25, -0.2) is 0 Å². The third kappa shape index (κ3) is 5.62. The molecular weight excluding hydrogens is 335 g/mol. The Balaban J connectivity index is 2.54. The number of hydrogen-bond acceptors (Lipinski definition) is 1. The molecule has 0 radical (unpaired) electrons. The second kappa shape index (κ2) is 7.66. The van der Waals surface area contributed by atoms with Gasteiger partial charge in [0.2, 0.25) is 5.91 Å². The lowest BCUT2D eigenvalue weighted by atomic mass is 9.80. The summed E-state index contributed by atoms with van der Waals surface area (Å²) in [6.07, 6.45) is -2.22. The van der Waals surface area contributed by atoms with Crippen LogP contribution in [0, 0.1) is 17.8 Å². The van der Waals surface area contributed by atoms with Crippen molar-refractivity contribution in [2.45, 2.75) is 58.2 Å². The maximum atomic E-state index is 12.7. The Bertz CT molecular complexity index is 320. The van der Waals surface area contributed by atoms with Crippen molar-refractivity contribution >= 4 is 21.8 Å². The van der Waals surface area contributed by atoms with E-state index in [2.05, 4.69) is 35.1 Å². The highest BCUT2D eigenvalue weighted by molar-refractivity contribution is 9.09. The molecule has 1 amide bonds. The first-order valence-corrected chi connectivity index (χ1v) is 8.29. The van der Waals surface area contributed by atoms with E-state index in [0.717, 1.165) is 6.42 Å². The average molecular weight is 358 g/mol. The van der Waals surface area contributed by atoms with Gasteiger partial charge in [-0.05, 0) is 31.6 Å². The number of carbonyl (C=O) groups is 1. The molecule has 1 aliphatic rings. The zero-order valence-electron chi connectivity index (χ0n) is 12.0. The average Bonchev–Trinajstić information content (AvgIpc) is 2.36. The predicted octanol–water partition coefficient (Wildman–Crippen LogP) is 4.28. The highest BCUT2D eigenvalue weighted by Crippen LogP contribution is 2.40. The van der Waals surface area contributed by atoms with E-state index < -0.39 is 18.0 Å². The maximum Gasteiger partial charge on any atom is 0.391 e. The van der Waals surface area contributed by atoms with Crippen LogP contribution in [-0.4, -0.2) is 23.5 Å². The number of alkyl halides is 4. The summed E-state index contributed by atoms with van der Waals surface area (Å²) in [6.45, 7) is 4.12. The molecule has 0 saturated heterocycles. The van der Waals surface area contributed by atoms with E-state index in [4.69, 9.17) is 0 Å². The summed E-state index contributed by atoms with van der Waals surface area (Å²) < 4.78 is 38.2. The Hall–Kier alpha value is -0.260. The monoisotopic (exact) mass is 357 g/mol. The highest BCUT2D eigenvalue weighted by atomic mass is 79.9. The summed E-state index contributed by atoms with van der Waals surface area (Å²) in [7, 11) is 0. The Morgan fingerprint density at radius 1 is 1.35 bits per heavy atom. The van der Waals surface area contributed by atoms with E-state index in [0.29, 0.717) is 24.1 Å². The Labute approximate surface area is 127 Å². The van der Waals surface area contributed by atoms with Crippen LogP contribution in [0.4, 0.5) is 13.2 Å². The molecule has 0 aliphatic heterocycles. The number of nitrogens with one attached hydrogen (secondary N) is 1. The van der Waals surface area contributed by atoms with Gasteiger partial charge in [0.1, 0.15) is 0 Å². The molecule has 1 fully saturated rings. The first kappa shape index (κ1) is 17.8. The van der Waals surface area contributed by atoms with Crippen LogP contribution in [0.3, 0.4) is 0 Å². The van der Waals surface area contributed by atoms with Gasteiger partial charge < -0.3 is 5.32 Å². The minimum absolute atomic E-state index is 0.00577. The van der Waals surface area contributed by atoms with Gasteiger partial charge in [0.25, 0.3) is 0 Å². The minimum Gasteiger partial charge on any atom is -0.352 e. The number of carbonyl (C=O) groups excluding carboxylic acids is 1. The summed E-state index contributed by atoms with van der Waals surface area (Å²) in [5, 5.41) is 3.52. The Kier molecular flexibility index (Phi) is 6.82. The minimum atomic E-state index is -4.17. The molecule has 3 atom stereocenters. The van der Waals surface area contributed by atoms with Gasteiger partial charge in [0.05, 0.1) is 5.92 Å². The van der Waals surface area contributed by atoms with E-state index in [-0.39, 0.29) is 24.8 Å². The first-order chi connectivity index (χ1) is 9.24. The second-order valence-electron chi connectivity index (χ2n) is 6.09. The summed E-state index contributed by atoms with van der Waals surface area (Å²) in [4.78, 5) is 12.1. The van der Waals surface area contributed by atoms with Gasteiger partial charge in [0, 0.05) is 17.3 Å². The zero-order valence-corrected chi connectivity index (χ0v) is 13.6. The van der Waals surface area contributed by atoms with Crippen molar-refractivity contribution < 1.29 is 18.0 Å². The smallest absolute Gasteiger partial charge is 0.352 e. The molecule has 1 saturated carbocycles. The molecule has 118 valence electrons. The topological polar surface area (TPSA) is 29.1 Å². The number of hydrogen-bond donors (Lipinski definition) is 1. The van der Waals surface area contributed by atoms with Gasteiger partial charge in [0.15, 0.2) is 0 Å². The van der Waals surface area contributed by atoms with Crippen LogP contribution in [0.2, 0.25) is 0 Å². The third-order valence-electron chi connectivity index (χ3n) is 3.80. The molecule has 0 aromatic heterocycles. The van der Waals surface area contributed by atoms with Gasteiger partial charge in [-0.3, -0.25) is 4.79 Å². The first-order valence-electron chi connectivity index (χ1n) is 7.17. The number of rotatable bonds is 5. The van der Waals surface area contributed by atoms with Crippen molar-refractivity contribution in [2.24, 2.45) is 17.8 Å². The van der Waals surface area contributed by atoms with Crippen LogP contribution in [0.1, 0.15) is 46.0 Å². The van der Waals surface area contributed by atoms with Crippen molar-refractivity contribution in [1.82, 2.24) is 5.32 Å². The molecule has 0 aromatic rings. The van der Waals surface area contributed by atoms with Gasteiger partial charge in [-0.1, -0.05) is 36.2 Å². The van der Waals surface area contributed by atoms with Gasteiger partial charge in [-0.15, -0.1) is 0 Å². The van der Waals surface area contributed by atoms with Crippen LogP contribution >= 0.6 is 15.9 Å². The second-order valence-corrected chi connectivity index (χ2v) is 6.74. The normalized spacial score (nSPS) is 25.6. The molecule has 0 heterocycles. The summed E-state index contributed by atoms with van der Waals surface area (Å²) in [5.74, 6) is -1.60. The number of amides is 1. The Morgan fingerprint density at radius 3 is 2.50 bits per heavy atom. The molecule has 1 N–H and O–H groups in total. The molecule has 20 heavy (non-hydrogen) atoms. The molecule has 3 unspecified atom stereocenters. The number of halogens is 4. The van der Waals surface area contributed by atoms with Crippen LogP contribution in [0.25, 0.3) is 0 Å². The van der Waals surface area contributed by atoms with Crippen LogP contribution < -0.4 is 5.32 Å². The van der Waals surface area contributed by atoms with E-state index in [1.165, 1.54) is 0 Å². The molecule has 6 heteroatoms. The summed E-state index contributed by atoms with van der Waals surface area (Å²) in [6, 6.07) is -0.00577. The summed E-state index contributed by atoms with van der Waals surface area (Å²) in [5.41, 5.74) is 0. The predicted molar refractivity (Wildman–Crippen MR) is 76.7 cm³/mol. The van der Waals surface area contributed by atoms with E-state index in [9.17, 15) is 18.0 Å².